The summed E-state index contributed by atoms with van der Waals surface area (Å²) in [6, 6.07) is 4.19. The van der Waals surface area contributed by atoms with Crippen molar-refractivity contribution in [3.05, 3.63) is 23.8 Å². The van der Waals surface area contributed by atoms with Gasteiger partial charge in [-0.3, -0.25) is 0 Å². The molecule has 0 aliphatic carbocycles. The molecule has 102 valence electrons. The van der Waals surface area contributed by atoms with Gasteiger partial charge in [-0.25, -0.2) is 4.79 Å². The van der Waals surface area contributed by atoms with Crippen molar-refractivity contribution in [2.24, 2.45) is 0 Å². The third-order valence-electron chi connectivity index (χ3n) is 2.23. The molecule has 0 spiro atoms. The molecule has 0 atom stereocenters. The number of carbonyl (C=O) groups is 1. The van der Waals surface area contributed by atoms with Crippen LogP contribution in [0.1, 0.15) is 10.4 Å². The number of halogens is 1. The molecule has 2 N–H and O–H groups in total. The quantitative estimate of drug-likeness (QED) is 0.279. The lowest BCUT2D eigenvalue weighted by Crippen LogP contribution is -3.00. The highest BCUT2D eigenvalue weighted by Crippen LogP contribution is 2.28. The molecule has 0 saturated carbocycles. The van der Waals surface area contributed by atoms with Crippen LogP contribution >= 0.6 is 0 Å². The predicted octanol–water partition coefficient (Wildman–Crippen LogP) is -2.04. The molecule has 1 rings (SSSR count). The van der Waals surface area contributed by atoms with Crippen molar-refractivity contribution in [1.82, 2.24) is 0 Å². The van der Waals surface area contributed by atoms with Gasteiger partial charge in [0, 0.05) is 0 Å². The molecule has 18 heavy (non-hydrogen) atoms. The molecule has 1 aromatic rings. The van der Waals surface area contributed by atoms with Crippen LogP contribution in [-0.2, 0) is 4.74 Å². The number of hydrogen-bond acceptors (Lipinski definition) is 4. The molecule has 0 saturated heterocycles. The maximum absolute atomic E-state index is 11.6. The van der Waals surface area contributed by atoms with Gasteiger partial charge >= 0.3 is 5.97 Å². The molecule has 0 aliphatic rings. The summed E-state index contributed by atoms with van der Waals surface area (Å²) >= 11 is 0. The first kappa shape index (κ1) is 17.0. The number of esters is 1. The Hall–Kier alpha value is -1.02. The number of ether oxygens (including phenoxy) is 1. The summed E-state index contributed by atoms with van der Waals surface area (Å²) in [6.45, 7) is 0.933. The monoisotopic (exact) mass is 367 g/mol. The largest absolute Gasteiger partial charge is 1.00 e. The Morgan fingerprint density at radius 3 is 2.44 bits per heavy atom. The van der Waals surface area contributed by atoms with E-state index in [2.05, 4.69) is 0 Å². The first-order valence-electron chi connectivity index (χ1n) is 5.30. The van der Waals surface area contributed by atoms with Gasteiger partial charge in [-0.2, -0.15) is 0 Å². The Morgan fingerprint density at radius 1 is 1.28 bits per heavy atom. The fourth-order valence-electron chi connectivity index (χ4n) is 1.19. The maximum atomic E-state index is 11.6. The molecule has 0 radical (unpaired) electrons. The highest BCUT2D eigenvalue weighted by Gasteiger charge is 2.16. The number of phenols is 2. The molecule has 0 fully saturated rings. The van der Waals surface area contributed by atoms with Crippen LogP contribution in [0.4, 0.5) is 0 Å². The first-order valence-corrected chi connectivity index (χ1v) is 5.30. The van der Waals surface area contributed by atoms with E-state index in [0.29, 0.717) is 11.0 Å². The summed E-state index contributed by atoms with van der Waals surface area (Å²) in [5.41, 5.74) is -0.0218. The lowest BCUT2D eigenvalue weighted by molar-refractivity contribution is -0.870. The van der Waals surface area contributed by atoms with Crippen molar-refractivity contribution in [1.29, 1.82) is 0 Å². The van der Waals surface area contributed by atoms with Crippen LogP contribution in [0.3, 0.4) is 0 Å². The number of rotatable bonds is 4. The van der Waals surface area contributed by atoms with Gasteiger partial charge in [-0.1, -0.05) is 6.07 Å². The fraction of sp³-hybridized carbons (Fsp3) is 0.417. The van der Waals surface area contributed by atoms with E-state index < -0.39 is 11.7 Å². The van der Waals surface area contributed by atoms with Crippen LogP contribution < -0.4 is 24.0 Å². The van der Waals surface area contributed by atoms with Crippen LogP contribution in [0.25, 0.3) is 0 Å². The van der Waals surface area contributed by atoms with E-state index in [1.165, 1.54) is 18.2 Å². The molecule has 0 unspecified atom stereocenters. The van der Waals surface area contributed by atoms with Crippen molar-refractivity contribution >= 4 is 5.97 Å². The number of carbonyl (C=O) groups excluding carboxylic acids is 1. The predicted molar refractivity (Wildman–Crippen MR) is 63.0 cm³/mol. The fourth-order valence-corrected chi connectivity index (χ4v) is 1.19. The van der Waals surface area contributed by atoms with Gasteiger partial charge in [0.15, 0.2) is 11.5 Å². The van der Waals surface area contributed by atoms with Crippen molar-refractivity contribution in [2.75, 3.05) is 34.3 Å². The summed E-state index contributed by atoms with van der Waals surface area (Å²) in [4.78, 5) is 11.6. The van der Waals surface area contributed by atoms with E-state index >= 15 is 0 Å². The van der Waals surface area contributed by atoms with Crippen molar-refractivity contribution in [3.63, 3.8) is 0 Å². The number of nitrogens with zero attached hydrogens (tertiary/aromatic N) is 1. The van der Waals surface area contributed by atoms with Gasteiger partial charge in [0.1, 0.15) is 18.7 Å². The molecule has 1 aromatic carbocycles. The second kappa shape index (κ2) is 6.79. The smallest absolute Gasteiger partial charge is 0.342 e. The molecule has 0 bridgehead atoms. The topological polar surface area (TPSA) is 66.8 Å². The van der Waals surface area contributed by atoms with Gasteiger partial charge in [-0.15, -0.1) is 0 Å². The Balaban J connectivity index is 0.00000289. The highest BCUT2D eigenvalue weighted by atomic mass is 127. The van der Waals surface area contributed by atoms with E-state index in [1.807, 2.05) is 21.1 Å². The normalized spacial score (nSPS) is 10.6. The average molecular weight is 367 g/mol. The Labute approximate surface area is 124 Å². The molecule has 0 aromatic heterocycles. The van der Waals surface area contributed by atoms with Crippen LogP contribution in [-0.4, -0.2) is 55.0 Å². The Morgan fingerprint density at radius 2 is 1.89 bits per heavy atom. The summed E-state index contributed by atoms with van der Waals surface area (Å²) in [5, 5.41) is 18.7. The zero-order valence-corrected chi connectivity index (χ0v) is 12.8. The highest BCUT2D eigenvalue weighted by molar-refractivity contribution is 5.93. The number of aromatic hydroxyl groups is 2. The standard InChI is InChI=1S/C12H17NO4.HI/c1-13(2,3)7-8-17-12(16)9-5-4-6-10(14)11(9)15;/h4-6H,7-8H2,1-3H3,(H-,14,15,16);1H. The van der Waals surface area contributed by atoms with E-state index in [4.69, 9.17) is 4.74 Å². The lowest BCUT2D eigenvalue weighted by Gasteiger charge is -2.23. The van der Waals surface area contributed by atoms with Crippen LogP contribution in [0.2, 0.25) is 0 Å². The maximum Gasteiger partial charge on any atom is 0.342 e. The van der Waals surface area contributed by atoms with Crippen molar-refractivity contribution in [2.45, 2.75) is 0 Å². The molecule has 5 nitrogen and oxygen atoms in total. The van der Waals surface area contributed by atoms with Crippen molar-refractivity contribution < 1.29 is 48.2 Å². The molecular formula is C12H18INO4. The molecule has 0 aliphatic heterocycles. The average Bonchev–Trinajstić information content (AvgIpc) is 2.20. The number of para-hydroxylation sites is 1. The van der Waals surface area contributed by atoms with Gasteiger partial charge in [0.05, 0.1) is 21.1 Å². The second-order valence-corrected chi connectivity index (χ2v) is 4.82. The van der Waals surface area contributed by atoms with Crippen LogP contribution in [0.15, 0.2) is 18.2 Å². The lowest BCUT2D eigenvalue weighted by atomic mass is 10.2. The molecule has 0 amide bonds. The van der Waals surface area contributed by atoms with E-state index in [-0.39, 0.29) is 41.9 Å². The minimum atomic E-state index is -0.633. The third-order valence-corrected chi connectivity index (χ3v) is 2.23. The van der Waals surface area contributed by atoms with E-state index in [9.17, 15) is 15.0 Å². The minimum Gasteiger partial charge on any atom is -1.00 e. The minimum absolute atomic E-state index is 0. The summed E-state index contributed by atoms with van der Waals surface area (Å²) < 4.78 is 5.69. The Bertz CT molecular complexity index is 415. The van der Waals surface area contributed by atoms with Gasteiger partial charge < -0.3 is 43.4 Å². The third kappa shape index (κ3) is 5.09. The Kier molecular flexibility index (Phi) is 6.41. The van der Waals surface area contributed by atoms with Crippen LogP contribution in [0.5, 0.6) is 11.5 Å². The number of phenolic OH excluding ortho intramolecular Hbond substituents is 2. The van der Waals surface area contributed by atoms with E-state index in [1.54, 1.807) is 0 Å². The van der Waals surface area contributed by atoms with E-state index in [0.717, 1.165) is 0 Å². The van der Waals surface area contributed by atoms with Gasteiger partial charge in [0.2, 0.25) is 0 Å². The van der Waals surface area contributed by atoms with Gasteiger partial charge in [0.25, 0.3) is 0 Å². The second-order valence-electron chi connectivity index (χ2n) is 4.82. The molecule has 0 heterocycles. The molecular weight excluding hydrogens is 349 g/mol. The first-order chi connectivity index (χ1) is 7.81. The number of hydrogen-bond donors (Lipinski definition) is 2. The van der Waals surface area contributed by atoms with Crippen LogP contribution in [0, 0.1) is 0 Å². The summed E-state index contributed by atoms with van der Waals surface area (Å²) in [6.07, 6.45) is 0. The number of likely N-dealkylation sites (N-methyl/N-ethyl adjacent to an activating group) is 1. The summed E-state index contributed by atoms with van der Waals surface area (Å²) in [5.74, 6) is -1.40. The zero-order chi connectivity index (χ0) is 13.1. The molecule has 6 heteroatoms. The number of benzene rings is 1. The van der Waals surface area contributed by atoms with Gasteiger partial charge in [-0.05, 0) is 12.1 Å². The number of quaternary nitrogens is 1. The zero-order valence-electron chi connectivity index (χ0n) is 10.7. The SMILES string of the molecule is C[N+](C)(C)CCOC(=O)c1cccc(O)c1O.[I-]. The summed E-state index contributed by atoms with van der Waals surface area (Å²) in [7, 11) is 5.96. The van der Waals surface area contributed by atoms with Crippen molar-refractivity contribution in [3.8, 4) is 11.5 Å².